The minimum atomic E-state index is -0.341. The van der Waals surface area contributed by atoms with Gasteiger partial charge in [-0.05, 0) is 28.8 Å². The van der Waals surface area contributed by atoms with E-state index in [2.05, 4.69) is 10.4 Å². The van der Waals surface area contributed by atoms with Crippen LogP contribution in [0.15, 0.2) is 90.0 Å². The van der Waals surface area contributed by atoms with E-state index < -0.39 is 0 Å². The molecule has 162 valence electrons. The first-order valence-electron chi connectivity index (χ1n) is 10.6. The molecule has 5 nitrogen and oxygen atoms in total. The summed E-state index contributed by atoms with van der Waals surface area (Å²) < 4.78 is 0. The van der Waals surface area contributed by atoms with Crippen molar-refractivity contribution in [2.45, 2.75) is 25.3 Å². The molecule has 1 heterocycles. The van der Waals surface area contributed by atoms with Gasteiger partial charge in [0.1, 0.15) is 0 Å². The number of carbonyl (C=O) groups is 2. The average Bonchev–Trinajstić information content (AvgIpc) is 3.33. The Hall–Kier alpha value is -3.44. The fraction of sp³-hybridized carbons (Fsp3) is 0.192. The summed E-state index contributed by atoms with van der Waals surface area (Å²) in [5.41, 5.74) is 3.76. The zero-order valence-corrected chi connectivity index (χ0v) is 18.3. The molecule has 4 rings (SSSR count). The number of nitrogens with one attached hydrogen (secondary N) is 1. The molecule has 1 aliphatic heterocycles. The second-order valence-corrected chi connectivity index (χ2v) is 8.08. The number of hydrogen-bond donors (Lipinski definition) is 1. The average molecular weight is 446 g/mol. The molecular weight excluding hydrogens is 422 g/mol. The van der Waals surface area contributed by atoms with Crippen molar-refractivity contribution in [3.63, 3.8) is 0 Å². The number of carbonyl (C=O) groups excluding carboxylic acids is 2. The maximum atomic E-state index is 12.7. The molecule has 6 heteroatoms. The van der Waals surface area contributed by atoms with Crippen molar-refractivity contribution in [3.8, 4) is 0 Å². The molecule has 0 aliphatic carbocycles. The summed E-state index contributed by atoms with van der Waals surface area (Å²) in [6, 6.07) is 26.6. The first-order valence-corrected chi connectivity index (χ1v) is 11.0. The van der Waals surface area contributed by atoms with Gasteiger partial charge in [0.2, 0.25) is 11.8 Å². The lowest BCUT2D eigenvalue weighted by atomic mass is 9.98. The van der Waals surface area contributed by atoms with Crippen LogP contribution in [-0.4, -0.2) is 29.1 Å². The van der Waals surface area contributed by atoms with Crippen molar-refractivity contribution in [2.24, 2.45) is 5.10 Å². The number of rotatable bonds is 7. The van der Waals surface area contributed by atoms with Crippen molar-refractivity contribution in [3.05, 3.63) is 107 Å². The van der Waals surface area contributed by atoms with Crippen LogP contribution in [0.1, 0.15) is 42.0 Å². The highest BCUT2D eigenvalue weighted by atomic mass is 35.5. The van der Waals surface area contributed by atoms with E-state index in [4.69, 9.17) is 11.6 Å². The number of halogens is 1. The molecule has 3 aromatic rings. The number of benzene rings is 3. The third-order valence-electron chi connectivity index (χ3n) is 5.38. The van der Waals surface area contributed by atoms with Crippen LogP contribution in [0.4, 0.5) is 0 Å². The van der Waals surface area contributed by atoms with E-state index in [0.29, 0.717) is 18.0 Å². The Balaban J connectivity index is 1.38. The van der Waals surface area contributed by atoms with E-state index in [0.717, 1.165) is 22.4 Å². The van der Waals surface area contributed by atoms with Crippen molar-refractivity contribution < 1.29 is 9.59 Å². The monoisotopic (exact) mass is 445 g/mol. The van der Waals surface area contributed by atoms with Gasteiger partial charge in [-0.15, -0.1) is 0 Å². The Morgan fingerprint density at radius 1 is 0.906 bits per heavy atom. The molecular formula is C26H24ClN3O2. The Morgan fingerprint density at radius 2 is 1.59 bits per heavy atom. The topological polar surface area (TPSA) is 61.8 Å². The Labute approximate surface area is 192 Å². The molecule has 1 aliphatic rings. The summed E-state index contributed by atoms with van der Waals surface area (Å²) in [6.07, 6.45) is 0.913. The zero-order chi connectivity index (χ0) is 22.3. The van der Waals surface area contributed by atoms with Gasteiger partial charge in [0.15, 0.2) is 0 Å². The lowest BCUT2D eigenvalue weighted by Gasteiger charge is -2.20. The van der Waals surface area contributed by atoms with Crippen molar-refractivity contribution in [2.75, 3.05) is 6.54 Å². The van der Waals surface area contributed by atoms with Crippen molar-refractivity contribution >= 4 is 29.1 Å². The predicted octanol–water partition coefficient (Wildman–Crippen LogP) is 4.96. The molecule has 0 saturated heterocycles. The van der Waals surface area contributed by atoms with E-state index >= 15 is 0 Å². The lowest BCUT2D eigenvalue weighted by Crippen LogP contribution is -2.31. The molecule has 0 saturated carbocycles. The van der Waals surface area contributed by atoms with Gasteiger partial charge in [-0.2, -0.15) is 5.10 Å². The normalized spacial score (nSPS) is 14.0. The largest absolute Gasteiger partial charge is 0.345 e. The molecule has 2 amide bonds. The Kier molecular flexibility index (Phi) is 6.97. The summed E-state index contributed by atoms with van der Waals surface area (Å²) in [5.74, 6) is -0.344. The molecule has 3 aromatic carbocycles. The summed E-state index contributed by atoms with van der Waals surface area (Å²) in [6.45, 7) is 0.542. The first-order chi connectivity index (χ1) is 15.6. The fourth-order valence-corrected chi connectivity index (χ4v) is 3.94. The summed E-state index contributed by atoms with van der Waals surface area (Å²) in [5, 5.41) is 9.59. The van der Waals surface area contributed by atoms with Gasteiger partial charge in [-0.1, -0.05) is 84.4 Å². The van der Waals surface area contributed by atoms with Crippen LogP contribution in [0.25, 0.3) is 0 Å². The summed E-state index contributed by atoms with van der Waals surface area (Å²) >= 11 is 6.17. The van der Waals surface area contributed by atoms with Gasteiger partial charge < -0.3 is 5.32 Å². The quantitative estimate of drug-likeness (QED) is 0.558. The minimum Gasteiger partial charge on any atom is -0.345 e. The standard InChI is InChI=1S/C26H24ClN3O2/c27-22-13-7-12-21(18-22)26(20-10-5-2-6-11-20)28-24(31)14-15-25(32)30-17-16-23(29-30)19-8-3-1-4-9-19/h1-13,18,26H,14-17H2,(H,28,31). The first kappa shape index (κ1) is 21.8. The number of hydrogen-bond acceptors (Lipinski definition) is 3. The highest BCUT2D eigenvalue weighted by Gasteiger charge is 2.23. The summed E-state index contributed by atoms with van der Waals surface area (Å²) in [4.78, 5) is 25.4. The fourth-order valence-electron chi connectivity index (χ4n) is 3.74. The molecule has 1 N–H and O–H groups in total. The number of nitrogens with zero attached hydrogens (tertiary/aromatic N) is 2. The molecule has 0 fully saturated rings. The third-order valence-corrected chi connectivity index (χ3v) is 5.62. The van der Waals surface area contributed by atoms with E-state index in [9.17, 15) is 9.59 Å². The van der Waals surface area contributed by atoms with Gasteiger partial charge >= 0.3 is 0 Å². The molecule has 0 bridgehead atoms. The molecule has 0 aromatic heterocycles. The lowest BCUT2D eigenvalue weighted by molar-refractivity contribution is -0.133. The highest BCUT2D eigenvalue weighted by molar-refractivity contribution is 6.30. The van der Waals surface area contributed by atoms with Gasteiger partial charge in [0, 0.05) is 24.3 Å². The van der Waals surface area contributed by atoms with Crippen LogP contribution < -0.4 is 5.32 Å². The van der Waals surface area contributed by atoms with E-state index in [1.165, 1.54) is 5.01 Å². The van der Waals surface area contributed by atoms with Crippen LogP contribution in [0, 0.1) is 0 Å². The number of amides is 2. The maximum absolute atomic E-state index is 12.7. The van der Waals surface area contributed by atoms with Gasteiger partial charge in [0.05, 0.1) is 18.3 Å². The molecule has 0 radical (unpaired) electrons. The second kappa shape index (κ2) is 10.2. The van der Waals surface area contributed by atoms with Crippen molar-refractivity contribution in [1.82, 2.24) is 10.3 Å². The van der Waals surface area contributed by atoms with Crippen LogP contribution >= 0.6 is 11.6 Å². The van der Waals surface area contributed by atoms with E-state index in [1.807, 2.05) is 78.9 Å². The zero-order valence-electron chi connectivity index (χ0n) is 17.6. The Morgan fingerprint density at radius 3 is 2.31 bits per heavy atom. The van der Waals surface area contributed by atoms with Gasteiger partial charge in [-0.25, -0.2) is 5.01 Å². The minimum absolute atomic E-state index is 0.0927. The Bertz CT molecular complexity index is 1120. The predicted molar refractivity (Wildman–Crippen MR) is 126 cm³/mol. The smallest absolute Gasteiger partial charge is 0.243 e. The molecule has 0 spiro atoms. The van der Waals surface area contributed by atoms with Gasteiger partial charge in [-0.3, -0.25) is 9.59 Å². The van der Waals surface area contributed by atoms with Gasteiger partial charge in [0.25, 0.3) is 0 Å². The van der Waals surface area contributed by atoms with Crippen LogP contribution in [0.3, 0.4) is 0 Å². The van der Waals surface area contributed by atoms with Crippen LogP contribution in [0.5, 0.6) is 0 Å². The van der Waals surface area contributed by atoms with Crippen LogP contribution in [0.2, 0.25) is 5.02 Å². The molecule has 32 heavy (non-hydrogen) atoms. The summed E-state index contributed by atoms with van der Waals surface area (Å²) in [7, 11) is 0. The van der Waals surface area contributed by atoms with Crippen molar-refractivity contribution in [1.29, 1.82) is 0 Å². The SMILES string of the molecule is O=C(CCC(=O)N1CCC(c2ccccc2)=N1)NC(c1ccccc1)c1cccc(Cl)c1. The highest BCUT2D eigenvalue weighted by Crippen LogP contribution is 2.25. The number of hydrazone groups is 1. The maximum Gasteiger partial charge on any atom is 0.243 e. The van der Waals surface area contributed by atoms with Crippen LogP contribution in [-0.2, 0) is 9.59 Å². The molecule has 1 atom stereocenters. The molecule has 1 unspecified atom stereocenters. The van der Waals surface area contributed by atoms with E-state index in [-0.39, 0.29) is 30.7 Å². The second-order valence-electron chi connectivity index (χ2n) is 7.65. The van der Waals surface area contributed by atoms with E-state index in [1.54, 1.807) is 6.07 Å². The third kappa shape index (κ3) is 5.42.